The Kier molecular flexibility index (Phi) is 4.91. The number of amides is 1. The molecule has 20 heavy (non-hydrogen) atoms. The highest BCUT2D eigenvalue weighted by Crippen LogP contribution is 2.12. The van der Waals surface area contributed by atoms with Crippen molar-refractivity contribution < 1.29 is 4.79 Å². The van der Waals surface area contributed by atoms with Crippen molar-refractivity contribution in [3.8, 4) is 0 Å². The van der Waals surface area contributed by atoms with E-state index in [-0.39, 0.29) is 5.91 Å². The van der Waals surface area contributed by atoms with Gasteiger partial charge in [0.15, 0.2) is 0 Å². The van der Waals surface area contributed by atoms with Gasteiger partial charge in [-0.05, 0) is 23.1 Å². The Morgan fingerprint density at radius 2 is 1.65 bits per heavy atom. The number of carbonyl (C=O) groups excluding carboxylic acids is 1. The normalized spacial score (nSPS) is 11.9. The number of carbonyl (C=O) groups is 1. The zero-order valence-corrected chi connectivity index (χ0v) is 11.7. The molecule has 3 nitrogen and oxygen atoms in total. The zero-order chi connectivity index (χ0) is 14.4. The van der Waals surface area contributed by atoms with Crippen molar-refractivity contribution in [2.45, 2.75) is 25.9 Å². The molecule has 0 bridgehead atoms. The van der Waals surface area contributed by atoms with Gasteiger partial charge in [0.1, 0.15) is 6.04 Å². The molecule has 3 N–H and O–H groups in total. The molecule has 0 spiro atoms. The molecule has 2 aromatic carbocycles. The lowest BCUT2D eigenvalue weighted by Crippen LogP contribution is -2.33. The largest absolute Gasteiger partial charge is 0.350 e. The van der Waals surface area contributed by atoms with Crippen molar-refractivity contribution in [1.29, 1.82) is 0 Å². The lowest BCUT2D eigenvalue weighted by atomic mass is 10.0. The van der Waals surface area contributed by atoms with E-state index in [1.165, 1.54) is 5.56 Å². The molecule has 1 unspecified atom stereocenters. The SMILES string of the molecule is CCc1ccccc1CNC(=O)C(N)c1ccccc1. The molecule has 0 fully saturated rings. The summed E-state index contributed by atoms with van der Waals surface area (Å²) < 4.78 is 0. The van der Waals surface area contributed by atoms with Crippen molar-refractivity contribution >= 4 is 5.91 Å². The van der Waals surface area contributed by atoms with Crippen molar-refractivity contribution in [1.82, 2.24) is 5.32 Å². The van der Waals surface area contributed by atoms with Crippen LogP contribution in [0.25, 0.3) is 0 Å². The number of nitrogens with one attached hydrogen (secondary N) is 1. The second-order valence-electron chi connectivity index (χ2n) is 4.73. The van der Waals surface area contributed by atoms with Gasteiger partial charge in [0, 0.05) is 6.54 Å². The van der Waals surface area contributed by atoms with Crippen LogP contribution in [0.5, 0.6) is 0 Å². The average Bonchev–Trinajstić information content (AvgIpc) is 2.53. The Balaban J connectivity index is 1.99. The van der Waals surface area contributed by atoms with Crippen molar-refractivity contribution in [3.05, 3.63) is 71.3 Å². The molecule has 2 rings (SSSR count). The molecule has 104 valence electrons. The standard InChI is InChI=1S/C17H20N2O/c1-2-13-8-6-7-11-15(13)12-19-17(20)16(18)14-9-4-3-5-10-14/h3-11,16H,2,12,18H2,1H3,(H,19,20). The number of rotatable bonds is 5. The number of hydrogen-bond donors (Lipinski definition) is 2. The molecule has 2 aromatic rings. The van der Waals surface area contributed by atoms with Crippen LogP contribution in [0.2, 0.25) is 0 Å². The number of nitrogens with two attached hydrogens (primary N) is 1. The topological polar surface area (TPSA) is 55.1 Å². The average molecular weight is 268 g/mol. The fourth-order valence-electron chi connectivity index (χ4n) is 2.18. The molecule has 1 amide bonds. The first-order chi connectivity index (χ1) is 9.72. The van der Waals surface area contributed by atoms with Gasteiger partial charge < -0.3 is 11.1 Å². The quantitative estimate of drug-likeness (QED) is 0.875. The Morgan fingerprint density at radius 3 is 2.30 bits per heavy atom. The fourth-order valence-corrected chi connectivity index (χ4v) is 2.18. The number of hydrogen-bond acceptors (Lipinski definition) is 2. The first-order valence-electron chi connectivity index (χ1n) is 6.87. The van der Waals surface area contributed by atoms with Crippen LogP contribution in [-0.2, 0) is 17.8 Å². The highest BCUT2D eigenvalue weighted by Gasteiger charge is 2.15. The minimum atomic E-state index is -0.620. The second-order valence-corrected chi connectivity index (χ2v) is 4.73. The van der Waals surface area contributed by atoms with E-state index in [0.717, 1.165) is 17.5 Å². The van der Waals surface area contributed by atoms with Gasteiger partial charge in [0.2, 0.25) is 5.91 Å². The van der Waals surface area contributed by atoms with E-state index in [1.807, 2.05) is 48.5 Å². The Bertz CT molecular complexity index is 566. The van der Waals surface area contributed by atoms with Crippen LogP contribution >= 0.6 is 0 Å². The molecule has 0 aromatic heterocycles. The van der Waals surface area contributed by atoms with Crippen LogP contribution in [0.1, 0.15) is 29.7 Å². The summed E-state index contributed by atoms with van der Waals surface area (Å²) in [6.07, 6.45) is 0.955. The van der Waals surface area contributed by atoms with Crippen molar-refractivity contribution in [2.24, 2.45) is 5.73 Å². The molecule has 0 aliphatic carbocycles. The third kappa shape index (κ3) is 3.45. The summed E-state index contributed by atoms with van der Waals surface area (Å²) in [5.41, 5.74) is 9.18. The van der Waals surface area contributed by atoms with Gasteiger partial charge >= 0.3 is 0 Å². The predicted molar refractivity (Wildman–Crippen MR) is 81.0 cm³/mol. The summed E-state index contributed by atoms with van der Waals surface area (Å²) in [5.74, 6) is -0.151. The number of aryl methyl sites for hydroxylation is 1. The summed E-state index contributed by atoms with van der Waals surface area (Å²) in [5, 5.41) is 2.91. The summed E-state index contributed by atoms with van der Waals surface area (Å²) in [4.78, 5) is 12.1. The van der Waals surface area contributed by atoms with E-state index in [9.17, 15) is 4.79 Å². The van der Waals surface area contributed by atoms with Gasteiger partial charge in [-0.15, -0.1) is 0 Å². The molecule has 0 radical (unpaired) electrons. The smallest absolute Gasteiger partial charge is 0.241 e. The molecule has 0 heterocycles. The van der Waals surface area contributed by atoms with Crippen LogP contribution in [0.4, 0.5) is 0 Å². The van der Waals surface area contributed by atoms with E-state index in [0.29, 0.717) is 6.54 Å². The van der Waals surface area contributed by atoms with Gasteiger partial charge in [-0.2, -0.15) is 0 Å². The minimum Gasteiger partial charge on any atom is -0.350 e. The lowest BCUT2D eigenvalue weighted by molar-refractivity contribution is -0.122. The summed E-state index contributed by atoms with van der Waals surface area (Å²) in [6.45, 7) is 2.62. The van der Waals surface area contributed by atoms with Gasteiger partial charge in [-0.3, -0.25) is 4.79 Å². The maximum absolute atomic E-state index is 12.1. The Labute approximate surface area is 119 Å². The highest BCUT2D eigenvalue weighted by atomic mass is 16.2. The van der Waals surface area contributed by atoms with Crippen LogP contribution in [0, 0.1) is 0 Å². The van der Waals surface area contributed by atoms with Crippen LogP contribution < -0.4 is 11.1 Å². The molecule has 0 saturated heterocycles. The van der Waals surface area contributed by atoms with Crippen LogP contribution in [0.3, 0.4) is 0 Å². The van der Waals surface area contributed by atoms with Crippen LogP contribution in [0.15, 0.2) is 54.6 Å². The van der Waals surface area contributed by atoms with E-state index in [1.54, 1.807) is 0 Å². The molecule has 0 saturated carbocycles. The van der Waals surface area contributed by atoms with E-state index >= 15 is 0 Å². The summed E-state index contributed by atoms with van der Waals surface area (Å²) >= 11 is 0. The zero-order valence-electron chi connectivity index (χ0n) is 11.7. The van der Waals surface area contributed by atoms with Crippen molar-refractivity contribution in [3.63, 3.8) is 0 Å². The molecular weight excluding hydrogens is 248 g/mol. The monoisotopic (exact) mass is 268 g/mol. The third-order valence-electron chi connectivity index (χ3n) is 3.39. The summed E-state index contributed by atoms with van der Waals surface area (Å²) in [6, 6.07) is 16.9. The molecule has 0 aliphatic heterocycles. The predicted octanol–water partition coefficient (Wildman–Crippen LogP) is 2.57. The van der Waals surface area contributed by atoms with Gasteiger partial charge in [0.05, 0.1) is 0 Å². The maximum Gasteiger partial charge on any atom is 0.241 e. The second kappa shape index (κ2) is 6.87. The third-order valence-corrected chi connectivity index (χ3v) is 3.39. The van der Waals surface area contributed by atoms with Gasteiger partial charge in [0.25, 0.3) is 0 Å². The maximum atomic E-state index is 12.1. The number of benzene rings is 2. The van der Waals surface area contributed by atoms with E-state index in [4.69, 9.17) is 5.73 Å². The first kappa shape index (κ1) is 14.3. The molecule has 0 aliphatic rings. The highest BCUT2D eigenvalue weighted by molar-refractivity contribution is 5.82. The fraction of sp³-hybridized carbons (Fsp3) is 0.235. The molecule has 3 heteroatoms. The first-order valence-corrected chi connectivity index (χ1v) is 6.87. The van der Waals surface area contributed by atoms with Crippen molar-refractivity contribution in [2.75, 3.05) is 0 Å². The van der Waals surface area contributed by atoms with Gasteiger partial charge in [-0.1, -0.05) is 61.5 Å². The van der Waals surface area contributed by atoms with E-state index < -0.39 is 6.04 Å². The molecular formula is C17H20N2O. The molecule has 1 atom stereocenters. The Hall–Kier alpha value is -2.13. The Morgan fingerprint density at radius 1 is 1.05 bits per heavy atom. The minimum absolute atomic E-state index is 0.151. The summed E-state index contributed by atoms with van der Waals surface area (Å²) in [7, 11) is 0. The van der Waals surface area contributed by atoms with Crippen LogP contribution in [-0.4, -0.2) is 5.91 Å². The van der Waals surface area contributed by atoms with E-state index in [2.05, 4.69) is 18.3 Å². The van der Waals surface area contributed by atoms with Gasteiger partial charge in [-0.25, -0.2) is 0 Å². The lowest BCUT2D eigenvalue weighted by Gasteiger charge is -2.14.